The first-order valence-electron chi connectivity index (χ1n) is 33.2. The first-order valence-corrected chi connectivity index (χ1v) is 33.2. The molecule has 0 spiro atoms. The van der Waals surface area contributed by atoms with E-state index in [-0.39, 0.29) is 55.4 Å². The average Bonchev–Trinajstić information content (AvgIpc) is 2.06. The highest BCUT2D eigenvalue weighted by Crippen LogP contribution is 2.51. The number of ether oxygens (including phenoxy) is 11. The van der Waals surface area contributed by atoms with Crippen molar-refractivity contribution in [3.63, 3.8) is 0 Å². The zero-order valence-electron chi connectivity index (χ0n) is 58.0. The summed E-state index contributed by atoms with van der Waals surface area (Å²) in [6.45, 7) is 32.7. The van der Waals surface area contributed by atoms with Crippen LogP contribution < -0.4 is 0 Å². The molecular formula is C66H120N2O21. The summed E-state index contributed by atoms with van der Waals surface area (Å²) in [4.78, 5) is 31.6. The van der Waals surface area contributed by atoms with Gasteiger partial charge in [-0.15, -0.1) is 0 Å². The van der Waals surface area contributed by atoms with E-state index in [1.165, 1.54) is 21.0 Å². The smallest absolute Gasteiger partial charge is 0.311 e. The fraction of sp³-hybridized carbons (Fsp3) is 0.970. The van der Waals surface area contributed by atoms with Gasteiger partial charge in [0, 0.05) is 49.3 Å². The molecule has 0 aromatic rings. The maximum atomic E-state index is 14.3. The Kier molecular flexibility index (Phi) is 25.4. The first kappa shape index (κ1) is 76.2. The number of fused-ring (bicyclic) bond motifs is 4. The average molecular weight is 1280 g/mol. The molecule has 520 valence electrons. The number of likely N-dealkylation sites (N-methyl/N-ethyl adjacent to an activating group) is 2. The van der Waals surface area contributed by atoms with Gasteiger partial charge in [0.1, 0.15) is 41.7 Å². The topological polar surface area (TPSA) is 304 Å². The molecule has 34 atom stereocenters. The highest BCUT2D eigenvalue weighted by molar-refractivity contribution is 5.73. The summed E-state index contributed by atoms with van der Waals surface area (Å²) in [5, 5.41) is 89.9. The van der Waals surface area contributed by atoms with Gasteiger partial charge in [-0.1, -0.05) is 55.4 Å². The van der Waals surface area contributed by atoms with E-state index in [0.29, 0.717) is 25.7 Å². The molecule has 7 aliphatic heterocycles. The number of esters is 2. The van der Waals surface area contributed by atoms with Crippen LogP contribution in [0.3, 0.4) is 0 Å². The van der Waals surface area contributed by atoms with E-state index in [4.69, 9.17) is 52.1 Å². The summed E-state index contributed by atoms with van der Waals surface area (Å²) in [6, 6.07) is -0.386. The maximum absolute atomic E-state index is 14.3. The van der Waals surface area contributed by atoms with Crippen molar-refractivity contribution in [2.24, 2.45) is 47.3 Å². The summed E-state index contributed by atoms with van der Waals surface area (Å²) >= 11 is 0. The van der Waals surface area contributed by atoms with Crippen molar-refractivity contribution in [2.45, 2.75) is 326 Å². The lowest BCUT2D eigenvalue weighted by molar-refractivity contribution is -0.318. The van der Waals surface area contributed by atoms with Crippen LogP contribution in [0.2, 0.25) is 0 Å². The molecule has 8 N–H and O–H groups in total. The summed E-state index contributed by atoms with van der Waals surface area (Å²) in [6.07, 6.45) is -12.4. The van der Waals surface area contributed by atoms with Gasteiger partial charge in [-0.2, -0.15) is 0 Å². The molecule has 7 rings (SSSR count). The van der Waals surface area contributed by atoms with Crippen molar-refractivity contribution in [1.29, 1.82) is 0 Å². The number of hydrogen-bond donors (Lipinski definition) is 8. The van der Waals surface area contributed by atoms with Crippen LogP contribution in [0, 0.1) is 47.3 Å². The molecule has 0 radical (unpaired) electrons. The lowest BCUT2D eigenvalue weighted by Crippen LogP contribution is -2.60. The highest BCUT2D eigenvalue weighted by atomic mass is 16.7. The van der Waals surface area contributed by atoms with E-state index < -0.39 is 180 Å². The molecule has 0 aromatic carbocycles. The molecule has 4 bridgehead atoms. The minimum atomic E-state index is -1.78. The molecule has 89 heavy (non-hydrogen) atoms. The van der Waals surface area contributed by atoms with Gasteiger partial charge in [0.05, 0.1) is 95.8 Å². The SMILES string of the molecule is CC[C@@H](O)[C@@](C)(O)[C@@H]1OC(=O)[C@H](C)[C@@H](O)[C@H](C)[C@@H](O[C@@H]2OC(C)CC(N(C)C)C2O)[C@]2(C)CC(C)C(O2)[C@@H]1C.CC[C@@H](O)[C@@](C)(O)[C@@H]1OC(=O)[C@H](C)[C@@H](O[C@H]2CC(C)(OC)[C@@H](O)C(C)O2)[C@H](C)[C@@H](O[C@@H]2OC(C)CC(N(C)C)C2O)[C@]2(C)CC(C)C(O2)[C@@H]1C. The zero-order valence-corrected chi connectivity index (χ0v) is 58.0. The van der Waals surface area contributed by atoms with Crippen molar-refractivity contribution in [3.8, 4) is 0 Å². The van der Waals surface area contributed by atoms with Crippen LogP contribution >= 0.6 is 0 Å². The Morgan fingerprint density at radius 1 is 0.573 bits per heavy atom. The third-order valence-electron chi connectivity index (χ3n) is 22.0. The molecule has 12 unspecified atom stereocenters. The Balaban J connectivity index is 0.000000293. The van der Waals surface area contributed by atoms with Crippen LogP contribution in [0.4, 0.5) is 0 Å². The number of aliphatic hydroxyl groups excluding tert-OH is 6. The Bertz CT molecular complexity index is 2280. The Hall–Kier alpha value is -1.82. The van der Waals surface area contributed by atoms with Crippen LogP contribution in [-0.2, 0) is 61.7 Å². The van der Waals surface area contributed by atoms with Gasteiger partial charge in [0.2, 0.25) is 0 Å². The Morgan fingerprint density at radius 3 is 1.35 bits per heavy atom. The van der Waals surface area contributed by atoms with E-state index in [2.05, 4.69) is 6.92 Å². The molecule has 7 aliphatic rings. The summed E-state index contributed by atoms with van der Waals surface area (Å²) < 4.78 is 70.4. The fourth-order valence-electron chi connectivity index (χ4n) is 16.4. The fourth-order valence-corrected chi connectivity index (χ4v) is 16.4. The predicted molar refractivity (Wildman–Crippen MR) is 329 cm³/mol. The van der Waals surface area contributed by atoms with E-state index in [1.807, 2.05) is 100 Å². The first-order chi connectivity index (χ1) is 41.1. The lowest BCUT2D eigenvalue weighted by Gasteiger charge is -2.48. The largest absolute Gasteiger partial charge is 0.459 e. The standard InChI is InChI=1S/C37H67NO12.C29H53NO9/c1-14-25(39)37(10,43)32-20(4)28-18(2)16-36(9,50-28)31(49-34-27(40)24(38(11)12)15-19(3)45-34)21(5)29(22(6)33(42)48-32)47-26-17-35(8,44-13)30(41)23(7)46-26;1-11-20(31)29(8,35)25-18(6)23-14(2)13-28(7,39-23)24(16(4)21(32)17(5)26(34)37-25)38-27-22(33)19(30(9)10)12-15(3)36-27/h18-32,34,39-41,43H,14-17H2,1-13H3;14-25,27,31-33,35H,11-13H2,1-10H3/t18?,19?,20-,21-,22+,23?,24?,25+,26-,27?,28?,29-,30-,31+,32+,34-,35?,36-,37+;14?,15?,16-,17+,18-,19?,20+,21-,22?,23?,24+,25+,27-,28-,29+/m00/s1. The van der Waals surface area contributed by atoms with Crippen molar-refractivity contribution >= 4 is 11.9 Å². The lowest BCUT2D eigenvalue weighted by atomic mass is 9.76. The third kappa shape index (κ3) is 15.9. The van der Waals surface area contributed by atoms with Crippen LogP contribution in [0.25, 0.3) is 0 Å². The van der Waals surface area contributed by atoms with Crippen LogP contribution in [0.5, 0.6) is 0 Å². The maximum Gasteiger partial charge on any atom is 0.311 e. The van der Waals surface area contributed by atoms with Crippen molar-refractivity contribution in [3.05, 3.63) is 0 Å². The zero-order chi connectivity index (χ0) is 67.3. The second kappa shape index (κ2) is 29.7. The van der Waals surface area contributed by atoms with E-state index in [1.54, 1.807) is 41.5 Å². The summed E-state index contributed by atoms with van der Waals surface area (Å²) in [7, 11) is 9.18. The van der Waals surface area contributed by atoms with Gasteiger partial charge in [-0.25, -0.2) is 0 Å². The molecule has 0 saturated carbocycles. The van der Waals surface area contributed by atoms with E-state index >= 15 is 0 Å². The van der Waals surface area contributed by atoms with Crippen molar-refractivity contribution < 1.29 is 103 Å². The number of aliphatic hydroxyl groups is 8. The normalized spacial score (nSPS) is 49.0. The molecule has 23 heteroatoms. The number of rotatable bonds is 15. The monoisotopic (exact) mass is 1280 g/mol. The number of methoxy groups -OCH3 is 1. The van der Waals surface area contributed by atoms with Gasteiger partial charge >= 0.3 is 11.9 Å². The Morgan fingerprint density at radius 2 is 0.966 bits per heavy atom. The van der Waals surface area contributed by atoms with Gasteiger partial charge in [0.15, 0.2) is 18.9 Å². The molecule has 0 aliphatic carbocycles. The quantitative estimate of drug-likeness (QED) is 0.106. The van der Waals surface area contributed by atoms with Crippen molar-refractivity contribution in [1.82, 2.24) is 9.80 Å². The van der Waals surface area contributed by atoms with Gasteiger partial charge in [-0.05, 0) is 148 Å². The number of carbonyl (C=O) groups is 2. The van der Waals surface area contributed by atoms with Crippen LogP contribution in [-0.4, -0.2) is 255 Å². The van der Waals surface area contributed by atoms with Gasteiger partial charge < -0.3 is 103 Å². The summed E-state index contributed by atoms with van der Waals surface area (Å²) in [5.74, 6) is -5.37. The van der Waals surface area contributed by atoms with E-state index in [0.717, 1.165) is 0 Å². The number of nitrogens with zero attached hydrogens (tertiary/aromatic N) is 2. The highest BCUT2D eigenvalue weighted by Gasteiger charge is 2.61. The third-order valence-corrected chi connectivity index (χ3v) is 22.0. The van der Waals surface area contributed by atoms with Crippen molar-refractivity contribution in [2.75, 3.05) is 35.3 Å². The number of cyclic esters (lactones) is 2. The molecule has 7 heterocycles. The molecule has 7 saturated heterocycles. The second-order valence-corrected chi connectivity index (χ2v) is 30.0. The van der Waals surface area contributed by atoms with E-state index in [9.17, 15) is 50.4 Å². The van der Waals surface area contributed by atoms with Crippen LogP contribution in [0.1, 0.15) is 170 Å². The molecule has 7 fully saturated rings. The Labute approximate surface area is 531 Å². The minimum absolute atomic E-state index is 0.0151. The number of hydrogen-bond acceptors (Lipinski definition) is 23. The molecule has 23 nitrogen and oxygen atoms in total. The van der Waals surface area contributed by atoms with Gasteiger partial charge in [-0.3, -0.25) is 9.59 Å². The molecule has 0 aromatic heterocycles. The summed E-state index contributed by atoms with van der Waals surface area (Å²) in [5.41, 5.74) is -6.35. The second-order valence-electron chi connectivity index (χ2n) is 30.0. The molecular weight excluding hydrogens is 1160 g/mol. The minimum Gasteiger partial charge on any atom is -0.459 e. The number of carbonyl (C=O) groups excluding carboxylic acids is 2. The molecule has 0 amide bonds. The predicted octanol–water partition coefficient (Wildman–Crippen LogP) is 4.32. The van der Waals surface area contributed by atoms with Gasteiger partial charge in [0.25, 0.3) is 0 Å². The van der Waals surface area contributed by atoms with Crippen LogP contribution in [0.15, 0.2) is 0 Å².